The Morgan fingerprint density at radius 3 is 3.00 bits per heavy atom. The molecule has 1 aromatic heterocycles. The number of carboxylic acids is 1. The normalized spacial score (nSPS) is 16.1. The fourth-order valence-electron chi connectivity index (χ4n) is 1.62. The molecule has 1 heterocycles. The van der Waals surface area contributed by atoms with Gasteiger partial charge in [-0.25, -0.2) is 4.98 Å². The minimum atomic E-state index is -0.821. The van der Waals surface area contributed by atoms with Crippen molar-refractivity contribution in [1.82, 2.24) is 4.98 Å². The van der Waals surface area contributed by atoms with Gasteiger partial charge < -0.3 is 10.0 Å². The van der Waals surface area contributed by atoms with E-state index in [1.807, 2.05) is 12.4 Å². The standard InChI is InChI=1S/C10H14N2O2S/c1-12(8-3-2-4-8)10-11-7(6-15-10)5-9(13)14/h6,8H,2-5H2,1H3,(H,13,14). The Kier molecular flexibility index (Phi) is 2.90. The van der Waals surface area contributed by atoms with Gasteiger partial charge in [0.2, 0.25) is 0 Å². The summed E-state index contributed by atoms with van der Waals surface area (Å²) in [5.41, 5.74) is 0.661. The Morgan fingerprint density at radius 1 is 1.73 bits per heavy atom. The number of anilines is 1. The van der Waals surface area contributed by atoms with Crippen molar-refractivity contribution in [2.45, 2.75) is 31.7 Å². The second kappa shape index (κ2) is 4.18. The highest BCUT2D eigenvalue weighted by atomic mass is 32.1. The smallest absolute Gasteiger partial charge is 0.309 e. The number of hydrogen-bond acceptors (Lipinski definition) is 4. The highest BCUT2D eigenvalue weighted by Gasteiger charge is 2.24. The predicted octanol–water partition coefficient (Wildman–Crippen LogP) is 1.76. The third-order valence-electron chi connectivity index (χ3n) is 2.80. The molecule has 0 aliphatic heterocycles. The minimum absolute atomic E-state index is 0.0228. The van der Waals surface area contributed by atoms with Gasteiger partial charge in [-0.1, -0.05) is 0 Å². The average Bonchev–Trinajstić information content (AvgIpc) is 2.48. The second-order valence-electron chi connectivity index (χ2n) is 3.89. The van der Waals surface area contributed by atoms with Crippen LogP contribution in [0.15, 0.2) is 5.38 Å². The molecule has 0 bridgehead atoms. The molecule has 1 N–H and O–H groups in total. The van der Waals surface area contributed by atoms with Gasteiger partial charge in [0.05, 0.1) is 12.1 Å². The molecule has 0 radical (unpaired) electrons. The summed E-state index contributed by atoms with van der Waals surface area (Å²) in [5.74, 6) is -0.821. The molecule has 5 heteroatoms. The van der Waals surface area contributed by atoms with Crippen molar-refractivity contribution in [2.75, 3.05) is 11.9 Å². The summed E-state index contributed by atoms with van der Waals surface area (Å²) in [6, 6.07) is 0.605. The van der Waals surface area contributed by atoms with Gasteiger partial charge in [-0.3, -0.25) is 4.79 Å². The quantitative estimate of drug-likeness (QED) is 0.850. The number of aromatic nitrogens is 1. The first-order valence-corrected chi connectivity index (χ1v) is 5.94. The van der Waals surface area contributed by atoms with Gasteiger partial charge in [-0.15, -0.1) is 11.3 Å². The molecule has 2 rings (SSSR count). The van der Waals surface area contributed by atoms with E-state index in [9.17, 15) is 4.79 Å². The summed E-state index contributed by atoms with van der Waals surface area (Å²) < 4.78 is 0. The highest BCUT2D eigenvalue weighted by Crippen LogP contribution is 2.30. The Morgan fingerprint density at radius 2 is 2.47 bits per heavy atom. The zero-order chi connectivity index (χ0) is 10.8. The van der Waals surface area contributed by atoms with E-state index in [-0.39, 0.29) is 6.42 Å². The first kappa shape index (κ1) is 10.4. The largest absolute Gasteiger partial charge is 0.481 e. The molecule has 0 amide bonds. The van der Waals surface area contributed by atoms with Crippen LogP contribution in [-0.4, -0.2) is 29.1 Å². The average molecular weight is 226 g/mol. The lowest BCUT2D eigenvalue weighted by molar-refractivity contribution is -0.136. The maximum absolute atomic E-state index is 10.5. The van der Waals surface area contributed by atoms with E-state index in [0.29, 0.717) is 11.7 Å². The van der Waals surface area contributed by atoms with Crippen LogP contribution < -0.4 is 4.90 Å². The number of carbonyl (C=O) groups is 1. The Hall–Kier alpha value is -1.10. The van der Waals surface area contributed by atoms with E-state index in [1.54, 1.807) is 0 Å². The number of aliphatic carboxylic acids is 1. The molecule has 1 saturated carbocycles. The van der Waals surface area contributed by atoms with Crippen molar-refractivity contribution in [2.24, 2.45) is 0 Å². The molecule has 0 spiro atoms. The van der Waals surface area contributed by atoms with Crippen molar-refractivity contribution >= 4 is 22.4 Å². The van der Waals surface area contributed by atoms with Crippen LogP contribution in [0, 0.1) is 0 Å². The molecule has 15 heavy (non-hydrogen) atoms. The number of hydrogen-bond donors (Lipinski definition) is 1. The van der Waals surface area contributed by atoms with Crippen LogP contribution in [0.2, 0.25) is 0 Å². The molecule has 1 aromatic rings. The fraction of sp³-hybridized carbons (Fsp3) is 0.600. The van der Waals surface area contributed by atoms with Gasteiger partial charge in [0.15, 0.2) is 5.13 Å². The summed E-state index contributed by atoms with van der Waals surface area (Å²) in [4.78, 5) is 17.0. The zero-order valence-electron chi connectivity index (χ0n) is 8.64. The van der Waals surface area contributed by atoms with Crippen molar-refractivity contribution < 1.29 is 9.90 Å². The van der Waals surface area contributed by atoms with Crippen molar-refractivity contribution in [3.8, 4) is 0 Å². The lowest BCUT2D eigenvalue weighted by atomic mass is 9.92. The molecule has 1 aliphatic rings. The van der Waals surface area contributed by atoms with E-state index >= 15 is 0 Å². The third-order valence-corrected chi connectivity index (χ3v) is 3.78. The number of carboxylic acid groups (broad SMARTS) is 1. The maximum Gasteiger partial charge on any atom is 0.309 e. The zero-order valence-corrected chi connectivity index (χ0v) is 9.46. The van der Waals surface area contributed by atoms with Crippen LogP contribution in [0.5, 0.6) is 0 Å². The highest BCUT2D eigenvalue weighted by molar-refractivity contribution is 7.13. The van der Waals surface area contributed by atoms with Crippen molar-refractivity contribution in [3.63, 3.8) is 0 Å². The molecule has 82 valence electrons. The predicted molar refractivity (Wildman–Crippen MR) is 59.5 cm³/mol. The lowest BCUT2D eigenvalue weighted by Crippen LogP contribution is -2.37. The van der Waals surface area contributed by atoms with Crippen LogP contribution in [0.4, 0.5) is 5.13 Å². The van der Waals surface area contributed by atoms with Crippen molar-refractivity contribution in [3.05, 3.63) is 11.1 Å². The number of nitrogens with zero attached hydrogens (tertiary/aromatic N) is 2. The number of thiazole rings is 1. The number of rotatable bonds is 4. The summed E-state index contributed by atoms with van der Waals surface area (Å²) in [5, 5.41) is 11.4. The molecule has 4 nitrogen and oxygen atoms in total. The van der Waals surface area contributed by atoms with Gasteiger partial charge >= 0.3 is 5.97 Å². The molecule has 1 fully saturated rings. The molecule has 0 unspecified atom stereocenters. The molecule has 0 aromatic carbocycles. The van der Waals surface area contributed by atoms with Gasteiger partial charge in [-0.2, -0.15) is 0 Å². The first-order chi connectivity index (χ1) is 7.16. The van der Waals surface area contributed by atoms with E-state index in [4.69, 9.17) is 5.11 Å². The SMILES string of the molecule is CN(c1nc(CC(=O)O)cs1)C1CCC1. The summed E-state index contributed by atoms with van der Waals surface area (Å²) in [7, 11) is 2.03. The van der Waals surface area contributed by atoms with Crippen LogP contribution in [-0.2, 0) is 11.2 Å². The monoisotopic (exact) mass is 226 g/mol. The lowest BCUT2D eigenvalue weighted by Gasteiger charge is -2.34. The summed E-state index contributed by atoms with van der Waals surface area (Å²) in [6.45, 7) is 0. The molecule has 1 aliphatic carbocycles. The Balaban J connectivity index is 2.02. The molecular formula is C10H14N2O2S. The molecule has 0 atom stereocenters. The van der Waals surface area contributed by atoms with Gasteiger partial charge in [0, 0.05) is 18.5 Å². The van der Waals surface area contributed by atoms with E-state index in [0.717, 1.165) is 5.13 Å². The van der Waals surface area contributed by atoms with Gasteiger partial charge in [0.1, 0.15) is 0 Å². The van der Waals surface area contributed by atoms with Gasteiger partial charge in [0.25, 0.3) is 0 Å². The summed E-state index contributed by atoms with van der Waals surface area (Å²) in [6.07, 6.45) is 3.77. The third kappa shape index (κ3) is 2.28. The van der Waals surface area contributed by atoms with Gasteiger partial charge in [-0.05, 0) is 19.3 Å². The maximum atomic E-state index is 10.5. The van der Waals surface area contributed by atoms with E-state index in [2.05, 4.69) is 9.88 Å². The minimum Gasteiger partial charge on any atom is -0.481 e. The van der Waals surface area contributed by atoms with Crippen LogP contribution >= 0.6 is 11.3 Å². The van der Waals surface area contributed by atoms with E-state index in [1.165, 1.54) is 30.6 Å². The van der Waals surface area contributed by atoms with Crippen LogP contribution in [0.25, 0.3) is 0 Å². The second-order valence-corrected chi connectivity index (χ2v) is 4.72. The molecule has 0 saturated heterocycles. The van der Waals surface area contributed by atoms with Crippen LogP contribution in [0.1, 0.15) is 25.0 Å². The first-order valence-electron chi connectivity index (χ1n) is 5.06. The fourth-order valence-corrected chi connectivity index (χ4v) is 2.49. The topological polar surface area (TPSA) is 53.4 Å². The van der Waals surface area contributed by atoms with E-state index < -0.39 is 5.97 Å². The summed E-state index contributed by atoms with van der Waals surface area (Å²) >= 11 is 1.53. The Labute approximate surface area is 92.6 Å². The molecular weight excluding hydrogens is 212 g/mol. The van der Waals surface area contributed by atoms with Crippen molar-refractivity contribution in [1.29, 1.82) is 0 Å². The van der Waals surface area contributed by atoms with Crippen LogP contribution in [0.3, 0.4) is 0 Å². The Bertz CT molecular complexity index is 360.